The summed E-state index contributed by atoms with van der Waals surface area (Å²) >= 11 is 10.9. The van der Waals surface area contributed by atoms with Crippen molar-refractivity contribution < 1.29 is 9.90 Å². The predicted molar refractivity (Wildman–Crippen MR) is 106 cm³/mol. The standard InChI is InChI=1S/C19H19BrClNO2S/c20-15-3-7-17(8-4-15)25-13-19(24)9-11-22(12-10-19)18(23)14-1-5-16(21)6-2-14/h1-8,24H,9-13H2. The van der Waals surface area contributed by atoms with E-state index in [-0.39, 0.29) is 5.91 Å². The highest BCUT2D eigenvalue weighted by atomic mass is 79.9. The van der Waals surface area contributed by atoms with E-state index in [1.165, 1.54) is 0 Å². The van der Waals surface area contributed by atoms with E-state index < -0.39 is 5.60 Å². The summed E-state index contributed by atoms with van der Waals surface area (Å²) < 4.78 is 1.05. The quantitative estimate of drug-likeness (QED) is 0.690. The van der Waals surface area contributed by atoms with Crippen molar-refractivity contribution in [1.82, 2.24) is 4.90 Å². The molecule has 0 atom stereocenters. The summed E-state index contributed by atoms with van der Waals surface area (Å²) in [7, 11) is 0. The number of likely N-dealkylation sites (tertiary alicyclic amines) is 1. The minimum atomic E-state index is -0.728. The Labute approximate surface area is 165 Å². The number of halogens is 2. The van der Waals surface area contributed by atoms with Crippen LogP contribution in [0.25, 0.3) is 0 Å². The summed E-state index contributed by atoms with van der Waals surface area (Å²) in [4.78, 5) is 15.5. The number of nitrogens with zero attached hydrogens (tertiary/aromatic N) is 1. The summed E-state index contributed by atoms with van der Waals surface area (Å²) in [6, 6.07) is 15.0. The molecule has 1 N–H and O–H groups in total. The molecule has 2 aromatic carbocycles. The maximum atomic E-state index is 12.5. The molecule has 3 rings (SSSR count). The highest BCUT2D eigenvalue weighted by Gasteiger charge is 2.34. The van der Waals surface area contributed by atoms with E-state index >= 15 is 0 Å². The number of aliphatic hydroxyl groups is 1. The van der Waals surface area contributed by atoms with Gasteiger partial charge < -0.3 is 10.0 Å². The van der Waals surface area contributed by atoms with E-state index in [0.29, 0.717) is 42.3 Å². The van der Waals surface area contributed by atoms with Crippen molar-refractivity contribution in [2.24, 2.45) is 0 Å². The molecule has 0 bridgehead atoms. The number of rotatable bonds is 4. The SMILES string of the molecule is O=C(c1ccc(Cl)cc1)N1CCC(O)(CSc2ccc(Br)cc2)CC1. The summed E-state index contributed by atoms with van der Waals surface area (Å²) in [5, 5.41) is 11.4. The Morgan fingerprint density at radius 3 is 2.32 bits per heavy atom. The Hall–Kier alpha value is -1.01. The fourth-order valence-corrected chi connectivity index (χ4v) is 4.24. The van der Waals surface area contributed by atoms with Crippen molar-refractivity contribution in [2.75, 3.05) is 18.8 Å². The number of piperidine rings is 1. The lowest BCUT2D eigenvalue weighted by atomic mass is 9.93. The van der Waals surface area contributed by atoms with Crippen LogP contribution in [-0.4, -0.2) is 40.4 Å². The maximum Gasteiger partial charge on any atom is 0.253 e. The molecule has 6 heteroatoms. The molecule has 0 saturated carbocycles. The highest BCUT2D eigenvalue weighted by molar-refractivity contribution is 9.10. The van der Waals surface area contributed by atoms with Crippen LogP contribution >= 0.6 is 39.3 Å². The first kappa shape index (κ1) is 18.8. The van der Waals surface area contributed by atoms with Gasteiger partial charge in [0, 0.05) is 38.8 Å². The van der Waals surface area contributed by atoms with Gasteiger partial charge in [0.2, 0.25) is 0 Å². The van der Waals surface area contributed by atoms with Crippen LogP contribution in [0, 0.1) is 0 Å². The molecule has 0 radical (unpaired) electrons. The summed E-state index contributed by atoms with van der Waals surface area (Å²) in [5.74, 6) is 0.636. The van der Waals surface area contributed by atoms with Crippen molar-refractivity contribution in [3.05, 3.63) is 63.6 Å². The Morgan fingerprint density at radius 1 is 1.12 bits per heavy atom. The van der Waals surface area contributed by atoms with Crippen LogP contribution in [0.5, 0.6) is 0 Å². The van der Waals surface area contributed by atoms with E-state index in [1.54, 1.807) is 36.0 Å². The topological polar surface area (TPSA) is 40.5 Å². The fraction of sp³-hybridized carbons (Fsp3) is 0.316. The molecule has 0 spiro atoms. The third-order valence-corrected chi connectivity index (χ3v) is 6.46. The monoisotopic (exact) mass is 439 g/mol. The van der Waals surface area contributed by atoms with Crippen LogP contribution < -0.4 is 0 Å². The molecule has 0 unspecified atom stereocenters. The van der Waals surface area contributed by atoms with Crippen LogP contribution in [0.3, 0.4) is 0 Å². The molecule has 1 amide bonds. The van der Waals surface area contributed by atoms with Gasteiger partial charge in [-0.2, -0.15) is 0 Å². The predicted octanol–water partition coefficient (Wildman–Crippen LogP) is 4.86. The van der Waals surface area contributed by atoms with Gasteiger partial charge in [-0.3, -0.25) is 4.79 Å². The number of benzene rings is 2. The van der Waals surface area contributed by atoms with Gasteiger partial charge in [-0.15, -0.1) is 11.8 Å². The second-order valence-corrected chi connectivity index (χ2v) is 8.67. The van der Waals surface area contributed by atoms with E-state index in [0.717, 1.165) is 9.37 Å². The van der Waals surface area contributed by atoms with Gasteiger partial charge in [0.05, 0.1) is 5.60 Å². The zero-order chi connectivity index (χ0) is 17.9. The van der Waals surface area contributed by atoms with Crippen LogP contribution in [-0.2, 0) is 0 Å². The van der Waals surface area contributed by atoms with Gasteiger partial charge in [-0.1, -0.05) is 27.5 Å². The summed E-state index contributed by atoms with van der Waals surface area (Å²) in [5.41, 5.74) is -0.0896. The molecule has 1 fully saturated rings. The Bertz CT molecular complexity index is 728. The molecule has 1 saturated heterocycles. The normalized spacial score (nSPS) is 16.7. The van der Waals surface area contributed by atoms with Crippen LogP contribution in [0.2, 0.25) is 5.02 Å². The number of amides is 1. The molecular formula is C19H19BrClNO2S. The molecule has 132 valence electrons. The average molecular weight is 441 g/mol. The smallest absolute Gasteiger partial charge is 0.253 e. The van der Waals surface area contributed by atoms with Crippen LogP contribution in [0.1, 0.15) is 23.2 Å². The van der Waals surface area contributed by atoms with E-state index in [2.05, 4.69) is 15.9 Å². The van der Waals surface area contributed by atoms with Crippen LogP contribution in [0.4, 0.5) is 0 Å². The average Bonchev–Trinajstić information content (AvgIpc) is 2.62. The Kier molecular flexibility index (Phi) is 6.10. The molecule has 1 aliphatic heterocycles. The third kappa shape index (κ3) is 5.00. The first-order valence-corrected chi connectivity index (χ1v) is 10.3. The third-order valence-electron chi connectivity index (χ3n) is 4.39. The number of carbonyl (C=O) groups excluding carboxylic acids is 1. The molecule has 2 aromatic rings. The van der Waals surface area contributed by atoms with Crippen molar-refractivity contribution in [3.63, 3.8) is 0 Å². The molecule has 25 heavy (non-hydrogen) atoms. The second-order valence-electron chi connectivity index (χ2n) is 6.27. The molecule has 0 aliphatic carbocycles. The van der Waals surface area contributed by atoms with Gasteiger partial charge >= 0.3 is 0 Å². The molecule has 1 heterocycles. The number of hydrogen-bond donors (Lipinski definition) is 1. The molecule has 3 nitrogen and oxygen atoms in total. The number of hydrogen-bond acceptors (Lipinski definition) is 3. The van der Waals surface area contributed by atoms with E-state index in [1.807, 2.05) is 29.2 Å². The minimum Gasteiger partial charge on any atom is -0.389 e. The second kappa shape index (κ2) is 8.12. The lowest BCUT2D eigenvalue weighted by molar-refractivity contribution is 0.00162. The first-order chi connectivity index (χ1) is 12.0. The van der Waals surface area contributed by atoms with E-state index in [9.17, 15) is 9.90 Å². The van der Waals surface area contributed by atoms with Crippen molar-refractivity contribution in [1.29, 1.82) is 0 Å². The Morgan fingerprint density at radius 2 is 1.72 bits per heavy atom. The first-order valence-electron chi connectivity index (χ1n) is 8.11. The highest BCUT2D eigenvalue weighted by Crippen LogP contribution is 2.31. The summed E-state index contributed by atoms with van der Waals surface area (Å²) in [6.07, 6.45) is 1.19. The molecular weight excluding hydrogens is 422 g/mol. The van der Waals surface area contributed by atoms with Crippen molar-refractivity contribution >= 4 is 45.2 Å². The largest absolute Gasteiger partial charge is 0.389 e. The number of thioether (sulfide) groups is 1. The molecule has 1 aliphatic rings. The zero-order valence-electron chi connectivity index (χ0n) is 13.6. The van der Waals surface area contributed by atoms with Gasteiger partial charge in [0.1, 0.15) is 0 Å². The van der Waals surface area contributed by atoms with Gasteiger partial charge in [0.15, 0.2) is 0 Å². The minimum absolute atomic E-state index is 0.000667. The van der Waals surface area contributed by atoms with Crippen molar-refractivity contribution in [2.45, 2.75) is 23.3 Å². The lowest BCUT2D eigenvalue weighted by Crippen LogP contribution is -2.48. The Balaban J connectivity index is 1.54. The van der Waals surface area contributed by atoms with Gasteiger partial charge in [-0.25, -0.2) is 0 Å². The fourth-order valence-electron chi connectivity index (χ4n) is 2.79. The summed E-state index contributed by atoms with van der Waals surface area (Å²) in [6.45, 7) is 1.14. The number of carbonyl (C=O) groups is 1. The van der Waals surface area contributed by atoms with Crippen LogP contribution in [0.15, 0.2) is 57.9 Å². The molecule has 0 aromatic heterocycles. The van der Waals surface area contributed by atoms with Gasteiger partial charge in [0.25, 0.3) is 5.91 Å². The zero-order valence-corrected chi connectivity index (χ0v) is 16.8. The lowest BCUT2D eigenvalue weighted by Gasteiger charge is -2.38. The maximum absolute atomic E-state index is 12.5. The van der Waals surface area contributed by atoms with Gasteiger partial charge in [-0.05, 0) is 61.4 Å². The van der Waals surface area contributed by atoms with E-state index in [4.69, 9.17) is 11.6 Å². The van der Waals surface area contributed by atoms with Crippen molar-refractivity contribution in [3.8, 4) is 0 Å².